The van der Waals surface area contributed by atoms with Gasteiger partial charge in [0.05, 0.1) is 12.2 Å². The van der Waals surface area contributed by atoms with Crippen LogP contribution in [0.25, 0.3) is 0 Å². The predicted molar refractivity (Wildman–Crippen MR) is 74.7 cm³/mol. The van der Waals surface area contributed by atoms with Crippen LogP contribution in [0.5, 0.6) is 0 Å². The van der Waals surface area contributed by atoms with Crippen molar-refractivity contribution >= 4 is 5.91 Å². The Morgan fingerprint density at radius 1 is 1.47 bits per heavy atom. The zero-order valence-electron chi connectivity index (χ0n) is 11.4. The molecule has 1 amide bonds. The number of benzene rings is 1. The number of hydrogen-bond donors (Lipinski definition) is 2. The zero-order chi connectivity index (χ0) is 13.9. The molecule has 0 bridgehead atoms. The highest BCUT2D eigenvalue weighted by atomic mass is 16.2. The molecular formula is C16H19NO2. The quantitative estimate of drug-likeness (QED) is 0.813. The molecule has 0 aromatic heterocycles. The Kier molecular flexibility index (Phi) is 3.92. The molecule has 2 N–H and O–H groups in total. The molecule has 1 unspecified atom stereocenters. The smallest absolute Gasteiger partial charge is 0.252 e. The first-order valence-electron chi connectivity index (χ1n) is 6.54. The Morgan fingerprint density at radius 3 is 2.79 bits per heavy atom. The van der Waals surface area contributed by atoms with E-state index in [1.54, 1.807) is 6.07 Å². The minimum absolute atomic E-state index is 0.0393. The maximum Gasteiger partial charge on any atom is 0.252 e. The summed E-state index contributed by atoms with van der Waals surface area (Å²) in [4.78, 5) is 12.2. The SMILES string of the molecule is CC1(C)CC1NC(=O)c1ccccc1C#CCCO. The first-order chi connectivity index (χ1) is 9.04. The Labute approximate surface area is 114 Å². The lowest BCUT2D eigenvalue weighted by Crippen LogP contribution is -2.28. The van der Waals surface area contributed by atoms with Gasteiger partial charge in [-0.05, 0) is 24.0 Å². The van der Waals surface area contributed by atoms with Gasteiger partial charge in [-0.2, -0.15) is 0 Å². The molecule has 0 heterocycles. The maximum absolute atomic E-state index is 12.2. The zero-order valence-corrected chi connectivity index (χ0v) is 11.4. The van der Waals surface area contributed by atoms with Gasteiger partial charge < -0.3 is 10.4 Å². The van der Waals surface area contributed by atoms with Crippen molar-refractivity contribution < 1.29 is 9.90 Å². The van der Waals surface area contributed by atoms with Gasteiger partial charge in [-0.3, -0.25) is 4.79 Å². The molecule has 0 aliphatic heterocycles. The third-order valence-electron chi connectivity index (χ3n) is 3.45. The number of aliphatic hydroxyl groups excluding tert-OH is 1. The van der Waals surface area contributed by atoms with E-state index < -0.39 is 0 Å². The summed E-state index contributed by atoms with van der Waals surface area (Å²) in [6.07, 6.45) is 1.45. The van der Waals surface area contributed by atoms with Gasteiger partial charge in [0.2, 0.25) is 0 Å². The summed E-state index contributed by atoms with van der Waals surface area (Å²) in [6, 6.07) is 7.58. The summed E-state index contributed by atoms with van der Waals surface area (Å²) in [7, 11) is 0. The third kappa shape index (κ3) is 3.36. The Hall–Kier alpha value is -1.79. The molecule has 2 rings (SSSR count). The minimum atomic E-state index is -0.0653. The molecule has 19 heavy (non-hydrogen) atoms. The van der Waals surface area contributed by atoms with E-state index in [9.17, 15) is 4.79 Å². The highest BCUT2D eigenvalue weighted by Gasteiger charge is 2.46. The fourth-order valence-corrected chi connectivity index (χ4v) is 1.95. The van der Waals surface area contributed by atoms with Crippen LogP contribution in [0.3, 0.4) is 0 Å². The summed E-state index contributed by atoms with van der Waals surface area (Å²) in [5, 5.41) is 11.8. The van der Waals surface area contributed by atoms with Crippen molar-refractivity contribution in [2.45, 2.75) is 32.7 Å². The topological polar surface area (TPSA) is 49.3 Å². The number of hydrogen-bond acceptors (Lipinski definition) is 2. The number of rotatable bonds is 3. The summed E-state index contributed by atoms with van der Waals surface area (Å²) < 4.78 is 0. The number of carbonyl (C=O) groups is 1. The fourth-order valence-electron chi connectivity index (χ4n) is 1.95. The second-order valence-electron chi connectivity index (χ2n) is 5.54. The molecule has 1 aliphatic carbocycles. The lowest BCUT2D eigenvalue weighted by Gasteiger charge is -2.08. The highest BCUT2D eigenvalue weighted by Crippen LogP contribution is 2.44. The van der Waals surface area contributed by atoms with Crippen molar-refractivity contribution in [3.63, 3.8) is 0 Å². The summed E-state index contributed by atoms with van der Waals surface area (Å²) in [6.45, 7) is 4.33. The van der Waals surface area contributed by atoms with Crippen molar-refractivity contribution in [1.82, 2.24) is 5.32 Å². The molecule has 1 aliphatic rings. The van der Waals surface area contributed by atoms with Crippen molar-refractivity contribution in [2.24, 2.45) is 5.41 Å². The average molecular weight is 257 g/mol. The third-order valence-corrected chi connectivity index (χ3v) is 3.45. The summed E-state index contributed by atoms with van der Waals surface area (Å²) in [5.41, 5.74) is 1.54. The van der Waals surface area contributed by atoms with Crippen LogP contribution in [0.15, 0.2) is 24.3 Å². The number of carbonyl (C=O) groups excluding carboxylic acids is 1. The van der Waals surface area contributed by atoms with Crippen LogP contribution in [-0.4, -0.2) is 23.7 Å². The van der Waals surface area contributed by atoms with Gasteiger partial charge in [0.15, 0.2) is 0 Å². The van der Waals surface area contributed by atoms with Crippen LogP contribution in [0.1, 0.15) is 42.6 Å². The van der Waals surface area contributed by atoms with Crippen molar-refractivity contribution in [3.8, 4) is 11.8 Å². The Morgan fingerprint density at radius 2 is 2.16 bits per heavy atom. The van der Waals surface area contributed by atoms with Gasteiger partial charge >= 0.3 is 0 Å². The van der Waals surface area contributed by atoms with Crippen LogP contribution in [0.4, 0.5) is 0 Å². The van der Waals surface area contributed by atoms with Crippen molar-refractivity contribution in [2.75, 3.05) is 6.61 Å². The van der Waals surface area contributed by atoms with Crippen LogP contribution >= 0.6 is 0 Å². The number of amides is 1. The van der Waals surface area contributed by atoms with Crippen molar-refractivity contribution in [1.29, 1.82) is 0 Å². The van der Waals surface area contributed by atoms with Gasteiger partial charge in [0, 0.05) is 18.0 Å². The lowest BCUT2D eigenvalue weighted by atomic mass is 10.1. The van der Waals surface area contributed by atoms with Gasteiger partial charge in [0.25, 0.3) is 5.91 Å². The molecule has 3 nitrogen and oxygen atoms in total. The molecule has 0 radical (unpaired) electrons. The molecule has 1 aromatic carbocycles. The number of aliphatic hydroxyl groups is 1. The first kappa shape index (κ1) is 13.6. The molecule has 1 atom stereocenters. The molecule has 1 fully saturated rings. The highest BCUT2D eigenvalue weighted by molar-refractivity contribution is 5.97. The lowest BCUT2D eigenvalue weighted by molar-refractivity contribution is 0.0946. The Balaban J connectivity index is 2.11. The summed E-state index contributed by atoms with van der Waals surface area (Å²) >= 11 is 0. The van der Waals surface area contributed by atoms with Gasteiger partial charge in [-0.1, -0.05) is 37.8 Å². The van der Waals surface area contributed by atoms with Gasteiger partial charge in [-0.15, -0.1) is 0 Å². The Bertz CT molecular complexity index is 537. The molecular weight excluding hydrogens is 238 g/mol. The minimum Gasteiger partial charge on any atom is -0.395 e. The molecule has 0 saturated heterocycles. The fraction of sp³-hybridized carbons (Fsp3) is 0.438. The number of nitrogens with one attached hydrogen (secondary N) is 1. The van der Waals surface area contributed by atoms with E-state index in [4.69, 9.17) is 5.11 Å². The van der Waals surface area contributed by atoms with Crippen LogP contribution < -0.4 is 5.32 Å². The van der Waals surface area contributed by atoms with E-state index in [2.05, 4.69) is 31.0 Å². The van der Waals surface area contributed by atoms with Crippen LogP contribution in [0, 0.1) is 17.3 Å². The maximum atomic E-state index is 12.2. The van der Waals surface area contributed by atoms with Crippen LogP contribution in [-0.2, 0) is 0 Å². The van der Waals surface area contributed by atoms with E-state index in [1.807, 2.05) is 18.2 Å². The second kappa shape index (κ2) is 5.46. The van der Waals surface area contributed by atoms with E-state index in [-0.39, 0.29) is 24.0 Å². The molecule has 1 saturated carbocycles. The van der Waals surface area contributed by atoms with Gasteiger partial charge in [0.1, 0.15) is 0 Å². The second-order valence-corrected chi connectivity index (χ2v) is 5.54. The normalized spacial score (nSPS) is 19.2. The molecule has 3 heteroatoms. The van der Waals surface area contributed by atoms with E-state index >= 15 is 0 Å². The van der Waals surface area contributed by atoms with Crippen LogP contribution in [0.2, 0.25) is 0 Å². The predicted octanol–water partition coefficient (Wildman–Crippen LogP) is 1.95. The first-order valence-corrected chi connectivity index (χ1v) is 6.54. The average Bonchev–Trinajstić information content (AvgIpc) is 2.97. The van der Waals surface area contributed by atoms with E-state index in [0.717, 1.165) is 6.42 Å². The molecule has 100 valence electrons. The summed E-state index contributed by atoms with van der Waals surface area (Å²) in [5.74, 6) is 5.73. The molecule has 0 spiro atoms. The van der Waals surface area contributed by atoms with Gasteiger partial charge in [-0.25, -0.2) is 0 Å². The largest absolute Gasteiger partial charge is 0.395 e. The van der Waals surface area contributed by atoms with E-state index in [0.29, 0.717) is 17.5 Å². The standard InChI is InChI=1S/C16H19NO2/c1-16(2)11-14(16)17-15(19)13-9-4-3-7-12(13)8-5-6-10-18/h3-4,7,9,14,18H,6,10-11H2,1-2H3,(H,17,19). The van der Waals surface area contributed by atoms with E-state index in [1.165, 1.54) is 0 Å². The van der Waals surface area contributed by atoms with Crippen molar-refractivity contribution in [3.05, 3.63) is 35.4 Å². The monoisotopic (exact) mass is 257 g/mol. The molecule has 1 aromatic rings.